The number of carboxylic acid groups (broad SMARTS) is 1. The van der Waals surface area contributed by atoms with Crippen molar-refractivity contribution in [1.82, 2.24) is 30.1 Å². The van der Waals surface area contributed by atoms with E-state index in [4.69, 9.17) is 9.72 Å². The van der Waals surface area contributed by atoms with Crippen LogP contribution in [0.4, 0.5) is 33.9 Å². The van der Waals surface area contributed by atoms with Gasteiger partial charge in [-0.25, -0.2) is 19.2 Å². The van der Waals surface area contributed by atoms with E-state index in [1.54, 1.807) is 35.4 Å². The quantitative estimate of drug-likeness (QED) is 0.117. The first-order chi connectivity index (χ1) is 30.3. The first-order valence-electron chi connectivity index (χ1n) is 21.2. The maximum Gasteiger partial charge on any atom is 0.573 e. The zero-order valence-corrected chi connectivity index (χ0v) is 36.2. The number of likely N-dealkylation sites (tertiary alicyclic amines) is 1. The third-order valence-corrected chi connectivity index (χ3v) is 11.9. The molecule has 0 spiro atoms. The Labute approximate surface area is 367 Å². The van der Waals surface area contributed by atoms with E-state index in [1.807, 2.05) is 44.4 Å². The van der Waals surface area contributed by atoms with Gasteiger partial charge in [-0.05, 0) is 67.9 Å². The van der Waals surface area contributed by atoms with E-state index in [9.17, 15) is 37.5 Å². The molecule has 4 amide bonds. The van der Waals surface area contributed by atoms with Gasteiger partial charge in [0.15, 0.2) is 11.6 Å². The lowest BCUT2D eigenvalue weighted by molar-refractivity contribution is -0.275. The Bertz CT molecular complexity index is 2350. The fraction of sp³-hybridized carbons (Fsp3) is 0.467. The highest BCUT2D eigenvalue weighted by Crippen LogP contribution is 2.40. The Morgan fingerprint density at radius 1 is 0.953 bits per heavy atom. The number of aromatic amines is 1. The SMILES string of the molecule is CC1CN(C(=O)C(C)(C)C)CCN1c1ccc(NC(=O)c2ccc(-c3ccc(-c4c[nH]c([C@@H]5C[C@H](C)CN5C(=O)[C@@H](NC(=O)O)C5CCOCC5)n4)cc3)c(OC(F)(F)F)c2F)cn1. The van der Waals surface area contributed by atoms with Gasteiger partial charge in [0, 0.05) is 68.2 Å². The molecule has 3 aliphatic heterocycles. The molecule has 3 fully saturated rings. The second-order valence-corrected chi connectivity index (χ2v) is 17.7. The molecule has 2 aromatic carbocycles. The molecule has 1 unspecified atom stereocenters. The Hall–Kier alpha value is -6.24. The van der Waals surface area contributed by atoms with Crippen LogP contribution in [0.2, 0.25) is 0 Å². The summed E-state index contributed by atoms with van der Waals surface area (Å²) in [4.78, 5) is 69.6. The standard InChI is InChI=1S/C45H52F4N8O7/c1-25-20-34(57(23-25)41(59)37(54-43(61)62)29-14-18-63-19-15-29)39-51-22-33(53-39)28-8-6-27(7-9-28)31-11-12-32(36(46)38(31)64-45(47,48)49)40(58)52-30-10-13-35(50-21-30)56-17-16-55(24-26(56)2)42(60)44(3,4)5/h6-13,21-22,25-26,29,34,37,54H,14-20,23-24H2,1-5H3,(H,51,53)(H,52,58)(H,61,62)/t25-,26?,34-,37-/m0/s1. The van der Waals surface area contributed by atoms with E-state index in [1.165, 1.54) is 24.4 Å². The molecule has 19 heteroatoms. The minimum absolute atomic E-state index is 0.0505. The van der Waals surface area contributed by atoms with Gasteiger partial charge in [-0.15, -0.1) is 13.2 Å². The number of nitrogens with one attached hydrogen (secondary N) is 3. The van der Waals surface area contributed by atoms with E-state index in [2.05, 4.69) is 25.3 Å². The number of hydrogen-bond donors (Lipinski definition) is 4. The minimum atomic E-state index is -5.29. The number of benzene rings is 2. The Kier molecular flexibility index (Phi) is 13.2. The van der Waals surface area contributed by atoms with E-state index in [0.29, 0.717) is 81.6 Å². The molecule has 4 aromatic rings. The summed E-state index contributed by atoms with van der Waals surface area (Å²) >= 11 is 0. The molecule has 4 atom stereocenters. The van der Waals surface area contributed by atoms with Crippen LogP contribution in [0, 0.1) is 23.1 Å². The zero-order chi connectivity index (χ0) is 46.1. The number of piperazine rings is 1. The molecule has 2 aromatic heterocycles. The number of nitrogens with zero attached hydrogens (tertiary/aromatic N) is 5. The first-order valence-corrected chi connectivity index (χ1v) is 21.2. The highest BCUT2D eigenvalue weighted by molar-refractivity contribution is 6.05. The molecule has 15 nitrogen and oxygen atoms in total. The summed E-state index contributed by atoms with van der Waals surface area (Å²) in [6, 6.07) is 10.1. The summed E-state index contributed by atoms with van der Waals surface area (Å²) in [5.41, 5.74) is -0.0855. The topological polar surface area (TPSA) is 182 Å². The van der Waals surface area contributed by atoms with Gasteiger partial charge in [0.05, 0.1) is 29.2 Å². The van der Waals surface area contributed by atoms with Crippen LogP contribution in [-0.2, 0) is 14.3 Å². The molecule has 64 heavy (non-hydrogen) atoms. The first kappa shape index (κ1) is 45.8. The third-order valence-electron chi connectivity index (χ3n) is 11.9. The fourth-order valence-corrected chi connectivity index (χ4v) is 8.73. The van der Waals surface area contributed by atoms with Gasteiger partial charge >= 0.3 is 12.5 Å². The van der Waals surface area contributed by atoms with Gasteiger partial charge < -0.3 is 44.9 Å². The number of amides is 4. The van der Waals surface area contributed by atoms with Crippen LogP contribution in [0.15, 0.2) is 60.9 Å². The number of imidazole rings is 1. The average molecular weight is 893 g/mol. The number of alkyl halides is 3. The van der Waals surface area contributed by atoms with Crippen molar-refractivity contribution in [3.8, 4) is 28.1 Å². The summed E-state index contributed by atoms with van der Waals surface area (Å²) in [5, 5.41) is 14.5. The van der Waals surface area contributed by atoms with E-state index in [-0.39, 0.29) is 46.5 Å². The van der Waals surface area contributed by atoms with E-state index in [0.717, 1.165) is 6.07 Å². The molecule has 0 aliphatic carbocycles. The summed E-state index contributed by atoms with van der Waals surface area (Å²) < 4.78 is 66.9. The molecule has 342 valence electrons. The van der Waals surface area contributed by atoms with Crippen molar-refractivity contribution >= 4 is 35.3 Å². The van der Waals surface area contributed by atoms with Gasteiger partial charge in [0.2, 0.25) is 11.8 Å². The van der Waals surface area contributed by atoms with Crippen LogP contribution in [0.5, 0.6) is 5.75 Å². The fourth-order valence-electron chi connectivity index (χ4n) is 8.73. The van der Waals surface area contributed by atoms with Crippen LogP contribution < -0.4 is 20.3 Å². The van der Waals surface area contributed by atoms with Crippen molar-refractivity contribution in [2.24, 2.45) is 17.3 Å². The van der Waals surface area contributed by atoms with Crippen LogP contribution in [0.3, 0.4) is 0 Å². The molecule has 3 saturated heterocycles. The Morgan fingerprint density at radius 2 is 1.66 bits per heavy atom. The summed E-state index contributed by atoms with van der Waals surface area (Å²) in [6.45, 7) is 12.4. The van der Waals surface area contributed by atoms with Crippen molar-refractivity contribution in [3.63, 3.8) is 0 Å². The number of carbonyl (C=O) groups is 4. The maximum atomic E-state index is 16.0. The number of anilines is 2. The molecule has 0 bridgehead atoms. The van der Waals surface area contributed by atoms with Crippen molar-refractivity contribution in [1.29, 1.82) is 0 Å². The van der Waals surface area contributed by atoms with Crippen LogP contribution >= 0.6 is 0 Å². The van der Waals surface area contributed by atoms with Crippen LogP contribution in [0.25, 0.3) is 22.4 Å². The molecular formula is C45H52F4N8O7. The number of hydrogen-bond acceptors (Lipinski definition) is 9. The van der Waals surface area contributed by atoms with Gasteiger partial charge in [0.25, 0.3) is 5.91 Å². The summed E-state index contributed by atoms with van der Waals surface area (Å²) in [6.07, 6.45) is -1.92. The number of pyridine rings is 1. The number of H-pyrrole nitrogens is 1. The van der Waals surface area contributed by atoms with Crippen molar-refractivity contribution in [2.75, 3.05) is 49.6 Å². The van der Waals surface area contributed by atoms with Gasteiger partial charge in [-0.2, -0.15) is 0 Å². The monoisotopic (exact) mass is 892 g/mol. The molecule has 0 radical (unpaired) electrons. The molecular weight excluding hydrogens is 841 g/mol. The number of halogens is 4. The number of aromatic nitrogens is 3. The average Bonchev–Trinajstić information content (AvgIpc) is 3.90. The largest absolute Gasteiger partial charge is 0.573 e. The molecule has 5 heterocycles. The minimum Gasteiger partial charge on any atom is -0.465 e. The number of carbonyl (C=O) groups excluding carboxylic acids is 3. The van der Waals surface area contributed by atoms with Gasteiger partial charge in [-0.3, -0.25) is 14.4 Å². The maximum absolute atomic E-state index is 16.0. The molecule has 4 N–H and O–H groups in total. The van der Waals surface area contributed by atoms with Crippen LogP contribution in [0.1, 0.15) is 76.1 Å². The van der Waals surface area contributed by atoms with E-state index >= 15 is 4.39 Å². The van der Waals surface area contributed by atoms with Crippen molar-refractivity contribution in [2.45, 2.75) is 78.4 Å². The predicted octanol–water partition coefficient (Wildman–Crippen LogP) is 7.48. The normalized spacial score (nSPS) is 20.2. The van der Waals surface area contributed by atoms with Gasteiger partial charge in [-0.1, -0.05) is 52.0 Å². The summed E-state index contributed by atoms with van der Waals surface area (Å²) in [7, 11) is 0. The highest BCUT2D eigenvalue weighted by Gasteiger charge is 2.42. The van der Waals surface area contributed by atoms with Crippen molar-refractivity contribution in [3.05, 3.63) is 78.1 Å². The molecule has 7 rings (SSSR count). The second kappa shape index (κ2) is 18.5. The number of rotatable bonds is 10. The molecule has 3 aliphatic rings. The lowest BCUT2D eigenvalue weighted by atomic mass is 9.90. The van der Waals surface area contributed by atoms with Crippen molar-refractivity contribution < 1.29 is 51.3 Å². The Morgan fingerprint density at radius 3 is 2.28 bits per heavy atom. The summed E-state index contributed by atoms with van der Waals surface area (Å²) in [5.74, 6) is -3.04. The lowest BCUT2D eigenvalue weighted by Gasteiger charge is -2.42. The van der Waals surface area contributed by atoms with Gasteiger partial charge in [0.1, 0.15) is 17.7 Å². The van der Waals surface area contributed by atoms with Crippen LogP contribution in [-0.4, -0.2) is 112 Å². The predicted molar refractivity (Wildman–Crippen MR) is 228 cm³/mol. The smallest absolute Gasteiger partial charge is 0.465 e. The second-order valence-electron chi connectivity index (χ2n) is 17.7. The third kappa shape index (κ3) is 10.2. The highest BCUT2D eigenvalue weighted by atomic mass is 19.4. The van der Waals surface area contributed by atoms with E-state index < -0.39 is 53.0 Å². The number of ether oxygens (including phenoxy) is 2. The molecule has 0 saturated carbocycles. The zero-order valence-electron chi connectivity index (χ0n) is 36.2. The lowest BCUT2D eigenvalue weighted by Crippen LogP contribution is -2.56. The Balaban J connectivity index is 1.05.